The van der Waals surface area contributed by atoms with E-state index >= 15 is 0 Å². The fraction of sp³-hybridized carbons (Fsp3) is 0.897. The molecule has 0 aliphatic heterocycles. The highest BCUT2D eigenvalue weighted by atomic mass is 16.4. The number of aliphatic hydroxyl groups is 2. The molecule has 11 atom stereocenters. The van der Waals surface area contributed by atoms with Crippen LogP contribution in [0.5, 0.6) is 0 Å². The Morgan fingerprint density at radius 1 is 0.970 bits per heavy atom. The summed E-state index contributed by atoms with van der Waals surface area (Å²) in [5.74, 6) is 0.518. The second-order valence-electron chi connectivity index (χ2n) is 13.9. The zero-order chi connectivity index (χ0) is 24.2. The van der Waals surface area contributed by atoms with Crippen molar-refractivity contribution in [1.29, 1.82) is 0 Å². The lowest BCUT2D eigenvalue weighted by molar-refractivity contribution is -0.207. The minimum atomic E-state index is -1.00. The van der Waals surface area contributed by atoms with Crippen LogP contribution in [0.25, 0.3) is 0 Å². The molecule has 4 fully saturated rings. The smallest absolute Gasteiger partial charge is 0.310 e. The summed E-state index contributed by atoms with van der Waals surface area (Å²) in [6.45, 7) is 13.7. The van der Waals surface area contributed by atoms with Gasteiger partial charge in [-0.3, -0.25) is 4.79 Å². The van der Waals surface area contributed by atoms with Crippen LogP contribution in [0.3, 0.4) is 0 Å². The Bertz CT molecular complexity index is 877. The van der Waals surface area contributed by atoms with Crippen molar-refractivity contribution in [2.75, 3.05) is 0 Å². The van der Waals surface area contributed by atoms with Crippen molar-refractivity contribution in [3.63, 3.8) is 0 Å². The molecule has 0 saturated heterocycles. The van der Waals surface area contributed by atoms with Gasteiger partial charge in [-0.2, -0.15) is 0 Å². The number of rotatable bonds is 1. The Balaban J connectivity index is 1.63. The Hall–Kier alpha value is -0.870. The Morgan fingerprint density at radius 3 is 2.33 bits per heavy atom. The number of fused-ring (bicyclic) bond motifs is 7. The molecule has 4 nitrogen and oxygen atoms in total. The molecule has 5 aliphatic rings. The molecule has 33 heavy (non-hydrogen) atoms. The van der Waals surface area contributed by atoms with E-state index in [-0.39, 0.29) is 34.2 Å². The number of hydrogen-bond donors (Lipinski definition) is 3. The third kappa shape index (κ3) is 2.74. The highest BCUT2D eigenvalue weighted by Crippen LogP contribution is 2.75. The van der Waals surface area contributed by atoms with Crippen molar-refractivity contribution < 1.29 is 20.1 Å². The summed E-state index contributed by atoms with van der Waals surface area (Å²) in [5, 5.41) is 33.0. The maximum atomic E-state index is 12.8. The van der Waals surface area contributed by atoms with Crippen LogP contribution >= 0.6 is 0 Å². The van der Waals surface area contributed by atoms with Gasteiger partial charge in [0.2, 0.25) is 0 Å². The second kappa shape index (κ2) is 7.09. The molecule has 0 aromatic rings. The van der Waals surface area contributed by atoms with Gasteiger partial charge in [0.05, 0.1) is 17.1 Å². The molecule has 4 heteroatoms. The molecule has 3 N–H and O–H groups in total. The zero-order valence-electron chi connectivity index (χ0n) is 21.7. The van der Waals surface area contributed by atoms with Crippen molar-refractivity contribution in [3.8, 4) is 0 Å². The van der Waals surface area contributed by atoms with E-state index in [1.54, 1.807) is 0 Å². The first-order chi connectivity index (χ1) is 15.3. The standard InChI is InChI=1S/C29H46O4/c1-17-9-14-29(24(31)32)16-15-26(4)20(23(29)28(17,6)33)7-8-22-25(3)12-11-21(30)18(2)19(25)10-13-27(22,26)5/h7,17-19,21-23,30,33H,8-16H2,1-6H3,(H,31,32)/t17-,18-,19?,21+,22?,23?,25+,26-,27-,28-,29+/m1/s1. The normalized spacial score (nSPS) is 58.2. The predicted octanol–water partition coefficient (Wildman–Crippen LogP) is 5.81. The van der Waals surface area contributed by atoms with Gasteiger partial charge in [-0.1, -0.05) is 46.3 Å². The van der Waals surface area contributed by atoms with Crippen LogP contribution < -0.4 is 0 Å². The van der Waals surface area contributed by atoms with E-state index in [2.05, 4.69) is 40.7 Å². The molecule has 3 unspecified atom stereocenters. The van der Waals surface area contributed by atoms with Crippen LogP contribution in [0.2, 0.25) is 0 Å². The lowest BCUT2D eigenvalue weighted by Gasteiger charge is -2.70. The van der Waals surface area contributed by atoms with Gasteiger partial charge in [0.25, 0.3) is 0 Å². The fourth-order valence-electron chi connectivity index (χ4n) is 10.5. The Labute approximate surface area is 200 Å². The Morgan fingerprint density at radius 2 is 1.67 bits per heavy atom. The van der Waals surface area contributed by atoms with Crippen LogP contribution in [0.4, 0.5) is 0 Å². The molecule has 5 rings (SSSR count). The van der Waals surface area contributed by atoms with Gasteiger partial charge in [-0.05, 0) is 105 Å². The minimum Gasteiger partial charge on any atom is -0.481 e. The molecular weight excluding hydrogens is 412 g/mol. The molecule has 0 aromatic heterocycles. The third-order valence-corrected chi connectivity index (χ3v) is 13.0. The van der Waals surface area contributed by atoms with Gasteiger partial charge in [-0.15, -0.1) is 0 Å². The van der Waals surface area contributed by atoms with E-state index in [1.807, 2.05) is 6.92 Å². The van der Waals surface area contributed by atoms with Gasteiger partial charge in [0.1, 0.15) is 0 Å². The number of aliphatic carboxylic acids is 1. The summed E-state index contributed by atoms with van der Waals surface area (Å²) in [4.78, 5) is 12.8. The fourth-order valence-corrected chi connectivity index (χ4v) is 10.5. The zero-order valence-corrected chi connectivity index (χ0v) is 21.7. The maximum Gasteiger partial charge on any atom is 0.310 e. The van der Waals surface area contributed by atoms with Gasteiger partial charge in [0.15, 0.2) is 0 Å². The first-order valence-corrected chi connectivity index (χ1v) is 13.6. The topological polar surface area (TPSA) is 77.8 Å². The SMILES string of the molecule is C[C@@H]1C2CC[C@]3(C)C(CC=C4C5[C@](C(=O)O)(CC[C@@H](C)[C@@]5(C)O)CC[C@]43C)[C@@]2(C)CC[C@@H]1O. The van der Waals surface area contributed by atoms with E-state index in [1.165, 1.54) is 5.57 Å². The van der Waals surface area contributed by atoms with Gasteiger partial charge < -0.3 is 15.3 Å². The van der Waals surface area contributed by atoms with Crippen LogP contribution in [0, 0.1) is 51.2 Å². The molecule has 0 bridgehead atoms. The molecule has 0 spiro atoms. The summed E-state index contributed by atoms with van der Waals surface area (Å²) in [6.07, 6.45) is 10.5. The second-order valence-corrected chi connectivity index (χ2v) is 13.9. The average Bonchev–Trinajstić information content (AvgIpc) is 2.74. The lowest BCUT2D eigenvalue weighted by atomic mass is 9.34. The van der Waals surface area contributed by atoms with Crippen molar-refractivity contribution in [2.24, 2.45) is 51.2 Å². The number of aliphatic hydroxyl groups excluding tert-OH is 1. The Kier molecular flexibility index (Phi) is 5.13. The quantitative estimate of drug-likeness (QED) is 0.433. The van der Waals surface area contributed by atoms with E-state index in [9.17, 15) is 20.1 Å². The molecule has 0 amide bonds. The molecule has 5 aliphatic carbocycles. The highest BCUT2D eigenvalue weighted by molar-refractivity contribution is 5.77. The first-order valence-electron chi connectivity index (χ1n) is 13.6. The van der Waals surface area contributed by atoms with Crippen LogP contribution in [-0.2, 0) is 4.79 Å². The van der Waals surface area contributed by atoms with E-state index in [0.29, 0.717) is 30.6 Å². The van der Waals surface area contributed by atoms with Crippen LogP contribution in [0.1, 0.15) is 99.3 Å². The van der Waals surface area contributed by atoms with Crippen LogP contribution in [-0.4, -0.2) is 33.0 Å². The van der Waals surface area contributed by atoms with Crippen molar-refractivity contribution >= 4 is 5.97 Å². The number of carboxylic acid groups (broad SMARTS) is 1. The minimum absolute atomic E-state index is 0.0891. The van der Waals surface area contributed by atoms with Gasteiger partial charge >= 0.3 is 5.97 Å². The lowest BCUT2D eigenvalue weighted by Crippen LogP contribution is -2.67. The molecule has 0 heterocycles. The highest BCUT2D eigenvalue weighted by Gasteiger charge is 2.70. The first kappa shape index (κ1) is 23.9. The van der Waals surface area contributed by atoms with Crippen molar-refractivity contribution in [2.45, 2.75) is 111 Å². The van der Waals surface area contributed by atoms with Gasteiger partial charge in [-0.25, -0.2) is 0 Å². The van der Waals surface area contributed by atoms with Crippen molar-refractivity contribution in [1.82, 2.24) is 0 Å². The van der Waals surface area contributed by atoms with E-state index < -0.39 is 17.0 Å². The monoisotopic (exact) mass is 458 g/mol. The summed E-state index contributed by atoms with van der Waals surface area (Å²) in [5.41, 5.74) is -0.370. The molecule has 0 aromatic carbocycles. The number of hydrogen-bond acceptors (Lipinski definition) is 3. The van der Waals surface area contributed by atoms with Crippen LogP contribution in [0.15, 0.2) is 11.6 Å². The predicted molar refractivity (Wildman–Crippen MR) is 129 cm³/mol. The number of carbonyl (C=O) groups is 1. The van der Waals surface area contributed by atoms with Crippen molar-refractivity contribution in [3.05, 3.63) is 11.6 Å². The summed E-state index contributed by atoms with van der Waals surface area (Å²) in [7, 11) is 0. The molecular formula is C29H46O4. The largest absolute Gasteiger partial charge is 0.481 e. The van der Waals surface area contributed by atoms with Gasteiger partial charge in [0, 0.05) is 5.92 Å². The number of carboxylic acids is 1. The average molecular weight is 459 g/mol. The molecule has 0 radical (unpaired) electrons. The summed E-state index contributed by atoms with van der Waals surface area (Å²) < 4.78 is 0. The third-order valence-electron chi connectivity index (χ3n) is 13.0. The molecule has 4 saturated carbocycles. The summed E-state index contributed by atoms with van der Waals surface area (Å²) >= 11 is 0. The molecule has 186 valence electrons. The van der Waals surface area contributed by atoms with E-state index in [4.69, 9.17) is 0 Å². The maximum absolute atomic E-state index is 12.8. The van der Waals surface area contributed by atoms with E-state index in [0.717, 1.165) is 44.9 Å². The number of allylic oxidation sites excluding steroid dienone is 1. The summed E-state index contributed by atoms with van der Waals surface area (Å²) in [6, 6.07) is 0.